The van der Waals surface area contributed by atoms with Gasteiger partial charge in [-0.3, -0.25) is 4.79 Å². The van der Waals surface area contributed by atoms with Crippen LogP contribution in [0, 0.1) is 12.8 Å². The van der Waals surface area contributed by atoms with Crippen molar-refractivity contribution < 1.29 is 0 Å². The van der Waals surface area contributed by atoms with Gasteiger partial charge in [-0.15, -0.1) is 0 Å². The lowest BCUT2D eigenvalue weighted by molar-refractivity contribution is 0.355. The molecule has 1 aliphatic rings. The van der Waals surface area contributed by atoms with Crippen LogP contribution in [-0.2, 0) is 6.42 Å². The molecular weight excluding hydrogens is 186 g/mol. The van der Waals surface area contributed by atoms with E-state index in [1.54, 1.807) is 6.20 Å². The second kappa shape index (κ2) is 4.65. The summed E-state index contributed by atoms with van der Waals surface area (Å²) in [7, 11) is 0. The van der Waals surface area contributed by atoms with Gasteiger partial charge in [0.25, 0.3) is 5.56 Å². The predicted octanol–water partition coefficient (Wildman–Crippen LogP) is 2.81. The molecule has 1 aliphatic carbocycles. The van der Waals surface area contributed by atoms with Crippen molar-refractivity contribution in [1.29, 1.82) is 0 Å². The second-order valence-corrected chi connectivity index (χ2v) is 4.68. The summed E-state index contributed by atoms with van der Waals surface area (Å²) in [5.74, 6) is 0.737. The molecule has 0 aliphatic heterocycles. The molecule has 2 rings (SSSR count). The third-order valence-electron chi connectivity index (χ3n) is 3.52. The largest absolute Gasteiger partial charge is 0.329 e. The third-order valence-corrected chi connectivity index (χ3v) is 3.52. The molecule has 0 radical (unpaired) electrons. The molecule has 1 N–H and O–H groups in total. The van der Waals surface area contributed by atoms with Gasteiger partial charge < -0.3 is 4.98 Å². The van der Waals surface area contributed by atoms with Gasteiger partial charge in [0.05, 0.1) is 0 Å². The number of aromatic amines is 1. The van der Waals surface area contributed by atoms with Crippen LogP contribution in [0.15, 0.2) is 17.1 Å². The smallest absolute Gasteiger partial charge is 0.251 e. The highest BCUT2D eigenvalue weighted by molar-refractivity contribution is 5.22. The van der Waals surface area contributed by atoms with E-state index in [9.17, 15) is 4.79 Å². The van der Waals surface area contributed by atoms with Crippen LogP contribution in [0.4, 0.5) is 0 Å². The van der Waals surface area contributed by atoms with Crippen molar-refractivity contribution in [3.63, 3.8) is 0 Å². The van der Waals surface area contributed by atoms with E-state index in [2.05, 4.69) is 4.98 Å². The normalized spacial score (nSPS) is 17.9. The van der Waals surface area contributed by atoms with Crippen LogP contribution in [0.25, 0.3) is 0 Å². The molecule has 15 heavy (non-hydrogen) atoms. The minimum absolute atomic E-state index is 0.112. The molecule has 1 saturated carbocycles. The maximum atomic E-state index is 11.7. The van der Waals surface area contributed by atoms with Crippen LogP contribution in [0.2, 0.25) is 0 Å². The lowest BCUT2D eigenvalue weighted by atomic mass is 9.84. The van der Waals surface area contributed by atoms with Crippen LogP contribution < -0.4 is 5.56 Å². The van der Waals surface area contributed by atoms with E-state index < -0.39 is 0 Å². The maximum absolute atomic E-state index is 11.7. The summed E-state index contributed by atoms with van der Waals surface area (Å²) in [5, 5.41) is 0. The van der Waals surface area contributed by atoms with Crippen molar-refractivity contribution in [3.05, 3.63) is 33.7 Å². The first-order valence-electron chi connectivity index (χ1n) is 5.94. The number of rotatable bonds is 2. The Labute approximate surface area is 90.7 Å². The van der Waals surface area contributed by atoms with Crippen LogP contribution >= 0.6 is 0 Å². The van der Waals surface area contributed by atoms with E-state index in [1.165, 1.54) is 32.1 Å². The van der Waals surface area contributed by atoms with Gasteiger partial charge in [-0.2, -0.15) is 0 Å². The van der Waals surface area contributed by atoms with Crippen molar-refractivity contribution in [2.24, 2.45) is 5.92 Å². The van der Waals surface area contributed by atoms with E-state index in [0.717, 1.165) is 23.5 Å². The average Bonchev–Trinajstić information content (AvgIpc) is 2.25. The average molecular weight is 205 g/mol. The Morgan fingerprint density at radius 3 is 2.73 bits per heavy atom. The summed E-state index contributed by atoms with van der Waals surface area (Å²) in [6.45, 7) is 2.04. The summed E-state index contributed by atoms with van der Waals surface area (Å²) in [5.41, 5.74) is 2.26. The molecule has 0 bridgehead atoms. The Hall–Kier alpha value is -1.05. The Balaban J connectivity index is 2.12. The van der Waals surface area contributed by atoms with Gasteiger partial charge in [-0.05, 0) is 30.9 Å². The topological polar surface area (TPSA) is 32.9 Å². The zero-order chi connectivity index (χ0) is 10.7. The number of aryl methyl sites for hydroxylation is 1. The highest BCUT2D eigenvalue weighted by Crippen LogP contribution is 2.26. The van der Waals surface area contributed by atoms with E-state index in [-0.39, 0.29) is 5.56 Å². The Morgan fingerprint density at radius 1 is 1.33 bits per heavy atom. The molecule has 0 spiro atoms. The number of hydrogen-bond donors (Lipinski definition) is 1. The SMILES string of the molecule is Cc1cc[nH]c(=O)c1CC1CCCCC1. The molecule has 0 unspecified atom stereocenters. The molecule has 0 atom stereocenters. The van der Waals surface area contributed by atoms with Gasteiger partial charge in [-0.25, -0.2) is 0 Å². The van der Waals surface area contributed by atoms with Gasteiger partial charge in [0.2, 0.25) is 0 Å². The van der Waals surface area contributed by atoms with Crippen molar-refractivity contribution in [2.75, 3.05) is 0 Å². The van der Waals surface area contributed by atoms with E-state index in [4.69, 9.17) is 0 Å². The molecule has 1 aromatic heterocycles. The molecular formula is C13H19NO. The van der Waals surface area contributed by atoms with E-state index in [0.29, 0.717) is 0 Å². The van der Waals surface area contributed by atoms with Gasteiger partial charge in [0.15, 0.2) is 0 Å². The lowest BCUT2D eigenvalue weighted by Crippen LogP contribution is -2.19. The Bertz CT molecular complexity index is 374. The molecule has 82 valence electrons. The fourth-order valence-electron chi connectivity index (χ4n) is 2.54. The third kappa shape index (κ3) is 2.49. The van der Waals surface area contributed by atoms with Gasteiger partial charge in [0.1, 0.15) is 0 Å². The molecule has 2 heteroatoms. The number of pyridine rings is 1. The summed E-state index contributed by atoms with van der Waals surface area (Å²) >= 11 is 0. The minimum Gasteiger partial charge on any atom is -0.329 e. The highest BCUT2D eigenvalue weighted by atomic mass is 16.1. The van der Waals surface area contributed by atoms with Crippen LogP contribution in [0.5, 0.6) is 0 Å². The summed E-state index contributed by atoms with van der Waals surface area (Å²) in [4.78, 5) is 14.4. The number of nitrogens with one attached hydrogen (secondary N) is 1. The predicted molar refractivity (Wildman–Crippen MR) is 62.1 cm³/mol. The Morgan fingerprint density at radius 2 is 2.07 bits per heavy atom. The standard InChI is InChI=1S/C13H19NO/c1-10-7-8-14-13(15)12(10)9-11-5-3-2-4-6-11/h7-8,11H,2-6,9H2,1H3,(H,14,15). The Kier molecular flexibility index (Phi) is 3.24. The van der Waals surface area contributed by atoms with Gasteiger partial charge in [0, 0.05) is 11.8 Å². The number of H-pyrrole nitrogens is 1. The van der Waals surface area contributed by atoms with Crippen molar-refractivity contribution >= 4 is 0 Å². The molecule has 1 fully saturated rings. The number of aromatic nitrogens is 1. The molecule has 0 amide bonds. The zero-order valence-corrected chi connectivity index (χ0v) is 9.38. The van der Waals surface area contributed by atoms with Gasteiger partial charge in [-0.1, -0.05) is 32.1 Å². The number of hydrogen-bond acceptors (Lipinski definition) is 1. The van der Waals surface area contributed by atoms with Gasteiger partial charge >= 0.3 is 0 Å². The fourth-order valence-corrected chi connectivity index (χ4v) is 2.54. The first kappa shape index (κ1) is 10.5. The van der Waals surface area contributed by atoms with E-state index in [1.807, 2.05) is 13.0 Å². The summed E-state index contributed by atoms with van der Waals surface area (Å²) < 4.78 is 0. The first-order valence-corrected chi connectivity index (χ1v) is 5.94. The van der Waals surface area contributed by atoms with Crippen LogP contribution in [-0.4, -0.2) is 4.98 Å². The molecule has 1 aromatic rings. The molecule has 0 saturated heterocycles. The van der Waals surface area contributed by atoms with E-state index >= 15 is 0 Å². The van der Waals surface area contributed by atoms with Crippen molar-refractivity contribution in [2.45, 2.75) is 45.4 Å². The lowest BCUT2D eigenvalue weighted by Gasteiger charge is -2.21. The van der Waals surface area contributed by atoms with Crippen molar-refractivity contribution in [1.82, 2.24) is 4.98 Å². The molecule has 1 heterocycles. The quantitative estimate of drug-likeness (QED) is 0.791. The van der Waals surface area contributed by atoms with Crippen LogP contribution in [0.3, 0.4) is 0 Å². The second-order valence-electron chi connectivity index (χ2n) is 4.68. The fraction of sp³-hybridized carbons (Fsp3) is 0.615. The monoisotopic (exact) mass is 205 g/mol. The molecule has 2 nitrogen and oxygen atoms in total. The minimum atomic E-state index is 0.112. The highest BCUT2D eigenvalue weighted by Gasteiger charge is 2.16. The first-order chi connectivity index (χ1) is 7.27. The van der Waals surface area contributed by atoms with Crippen LogP contribution in [0.1, 0.15) is 43.2 Å². The maximum Gasteiger partial charge on any atom is 0.251 e. The summed E-state index contributed by atoms with van der Waals surface area (Å²) in [6.07, 6.45) is 9.37. The van der Waals surface area contributed by atoms with Crippen molar-refractivity contribution in [3.8, 4) is 0 Å². The zero-order valence-electron chi connectivity index (χ0n) is 9.38. The molecule has 0 aromatic carbocycles. The summed E-state index contributed by atoms with van der Waals surface area (Å²) in [6, 6.07) is 2.00.